The lowest BCUT2D eigenvalue weighted by atomic mass is 9.99. The Labute approximate surface area is 148 Å². The van der Waals surface area contributed by atoms with E-state index < -0.39 is 11.8 Å². The summed E-state index contributed by atoms with van der Waals surface area (Å²) in [6.07, 6.45) is 2.21. The Morgan fingerprint density at radius 2 is 1.84 bits per heavy atom. The summed E-state index contributed by atoms with van der Waals surface area (Å²) in [4.78, 5) is 26.8. The predicted octanol–water partition coefficient (Wildman–Crippen LogP) is 2.07. The third kappa shape index (κ3) is 4.31. The summed E-state index contributed by atoms with van der Waals surface area (Å²) in [5.74, 6) is -0.723. The van der Waals surface area contributed by atoms with Gasteiger partial charge in [0.25, 0.3) is 0 Å². The number of anilines is 2. The number of rotatable bonds is 4. The van der Waals surface area contributed by atoms with Gasteiger partial charge in [0.05, 0.1) is 13.2 Å². The summed E-state index contributed by atoms with van der Waals surface area (Å²) in [6, 6.07) is 5.93. The van der Waals surface area contributed by atoms with Crippen molar-refractivity contribution in [3.63, 3.8) is 0 Å². The first-order chi connectivity index (χ1) is 11.9. The Bertz CT molecular complexity index is 662. The van der Waals surface area contributed by atoms with Gasteiger partial charge in [-0.3, -0.25) is 9.59 Å². The molecule has 2 fully saturated rings. The van der Waals surface area contributed by atoms with Gasteiger partial charge in [-0.15, -0.1) is 0 Å². The number of benzene rings is 1. The molecule has 6 nitrogen and oxygen atoms in total. The summed E-state index contributed by atoms with van der Waals surface area (Å²) in [6.45, 7) is 8.92. The number of carbonyl (C=O) groups excluding carboxylic acids is 2. The van der Waals surface area contributed by atoms with Crippen LogP contribution in [0.2, 0.25) is 0 Å². The van der Waals surface area contributed by atoms with Crippen molar-refractivity contribution in [1.29, 1.82) is 0 Å². The molecule has 1 heterocycles. The van der Waals surface area contributed by atoms with Crippen LogP contribution < -0.4 is 15.5 Å². The molecule has 0 radical (unpaired) electrons. The van der Waals surface area contributed by atoms with Crippen molar-refractivity contribution in [3.05, 3.63) is 23.8 Å². The van der Waals surface area contributed by atoms with Crippen LogP contribution in [0.4, 0.5) is 11.4 Å². The Morgan fingerprint density at radius 1 is 1.16 bits per heavy atom. The summed E-state index contributed by atoms with van der Waals surface area (Å²) in [7, 11) is 0. The van der Waals surface area contributed by atoms with E-state index in [2.05, 4.69) is 15.5 Å². The maximum atomic E-state index is 12.3. The van der Waals surface area contributed by atoms with Crippen LogP contribution in [0.3, 0.4) is 0 Å². The summed E-state index contributed by atoms with van der Waals surface area (Å²) >= 11 is 0. The van der Waals surface area contributed by atoms with Crippen LogP contribution in [0, 0.1) is 12.8 Å². The highest BCUT2D eigenvalue weighted by Gasteiger charge is 2.39. The SMILES string of the molecule is Cc1ccc(N2CCOCC2)cc1NC(=O)C(=O)NC(C)(C)C1CC1. The van der Waals surface area contributed by atoms with E-state index in [1.54, 1.807) is 0 Å². The number of nitrogens with zero attached hydrogens (tertiary/aromatic N) is 1. The molecule has 2 aliphatic rings. The topological polar surface area (TPSA) is 70.7 Å². The number of nitrogens with one attached hydrogen (secondary N) is 2. The van der Waals surface area contributed by atoms with Crippen molar-refractivity contribution in [2.24, 2.45) is 5.92 Å². The fourth-order valence-electron chi connectivity index (χ4n) is 3.20. The van der Waals surface area contributed by atoms with Gasteiger partial charge in [0.15, 0.2) is 0 Å². The van der Waals surface area contributed by atoms with Crippen LogP contribution in [0.15, 0.2) is 18.2 Å². The van der Waals surface area contributed by atoms with Crippen molar-refractivity contribution < 1.29 is 14.3 Å². The average Bonchev–Trinajstić information content (AvgIpc) is 3.43. The number of hydrogen-bond donors (Lipinski definition) is 2. The predicted molar refractivity (Wildman–Crippen MR) is 97.8 cm³/mol. The van der Waals surface area contributed by atoms with Gasteiger partial charge in [-0.05, 0) is 57.2 Å². The number of morpholine rings is 1. The van der Waals surface area contributed by atoms with Gasteiger partial charge in [0.1, 0.15) is 0 Å². The van der Waals surface area contributed by atoms with Crippen molar-refractivity contribution in [2.75, 3.05) is 36.5 Å². The monoisotopic (exact) mass is 345 g/mol. The van der Waals surface area contributed by atoms with Crippen molar-refractivity contribution >= 4 is 23.2 Å². The lowest BCUT2D eigenvalue weighted by Gasteiger charge is -2.29. The highest BCUT2D eigenvalue weighted by atomic mass is 16.5. The normalized spacial score (nSPS) is 18.0. The maximum Gasteiger partial charge on any atom is 0.313 e. The molecule has 136 valence electrons. The van der Waals surface area contributed by atoms with Gasteiger partial charge in [-0.2, -0.15) is 0 Å². The molecule has 0 bridgehead atoms. The van der Waals surface area contributed by atoms with E-state index >= 15 is 0 Å². The van der Waals surface area contributed by atoms with Crippen LogP contribution >= 0.6 is 0 Å². The first-order valence-electron chi connectivity index (χ1n) is 8.93. The highest BCUT2D eigenvalue weighted by Crippen LogP contribution is 2.39. The van der Waals surface area contributed by atoms with Crippen LogP contribution in [0.5, 0.6) is 0 Å². The molecule has 3 rings (SSSR count). The van der Waals surface area contributed by atoms with E-state index in [1.807, 2.05) is 39.0 Å². The molecule has 0 atom stereocenters. The molecule has 6 heteroatoms. The minimum atomic E-state index is -0.615. The van der Waals surface area contributed by atoms with Crippen LogP contribution in [0.25, 0.3) is 0 Å². The molecule has 25 heavy (non-hydrogen) atoms. The van der Waals surface area contributed by atoms with Crippen molar-refractivity contribution in [3.8, 4) is 0 Å². The van der Waals surface area contributed by atoms with E-state index in [0.29, 0.717) is 24.8 Å². The molecule has 1 saturated carbocycles. The second-order valence-corrected chi connectivity index (χ2v) is 7.50. The number of hydrogen-bond acceptors (Lipinski definition) is 4. The number of amides is 2. The van der Waals surface area contributed by atoms with Gasteiger partial charge >= 0.3 is 11.8 Å². The van der Waals surface area contributed by atoms with Gasteiger partial charge in [0.2, 0.25) is 0 Å². The lowest BCUT2D eigenvalue weighted by molar-refractivity contribution is -0.137. The molecule has 0 unspecified atom stereocenters. The molecule has 1 aromatic rings. The molecule has 1 aliphatic carbocycles. The molecule has 1 aliphatic heterocycles. The molecule has 2 amide bonds. The number of carbonyl (C=O) groups is 2. The Balaban J connectivity index is 1.66. The largest absolute Gasteiger partial charge is 0.378 e. The van der Waals surface area contributed by atoms with Gasteiger partial charge in [-0.25, -0.2) is 0 Å². The molecule has 1 aromatic carbocycles. The molecule has 1 saturated heterocycles. The third-order valence-corrected chi connectivity index (χ3v) is 5.09. The van der Waals surface area contributed by atoms with Gasteiger partial charge in [0, 0.05) is 30.0 Å². The van der Waals surface area contributed by atoms with Crippen molar-refractivity contribution in [1.82, 2.24) is 5.32 Å². The zero-order valence-corrected chi connectivity index (χ0v) is 15.2. The second kappa shape index (κ2) is 7.04. The lowest BCUT2D eigenvalue weighted by Crippen LogP contribution is -2.49. The summed E-state index contributed by atoms with van der Waals surface area (Å²) < 4.78 is 5.38. The van der Waals surface area contributed by atoms with Crippen LogP contribution in [-0.2, 0) is 14.3 Å². The first-order valence-corrected chi connectivity index (χ1v) is 8.93. The third-order valence-electron chi connectivity index (χ3n) is 5.09. The average molecular weight is 345 g/mol. The van der Waals surface area contributed by atoms with E-state index in [1.165, 1.54) is 0 Å². The Morgan fingerprint density at radius 3 is 2.48 bits per heavy atom. The van der Waals surface area contributed by atoms with E-state index in [0.717, 1.165) is 37.2 Å². The van der Waals surface area contributed by atoms with E-state index in [4.69, 9.17) is 4.74 Å². The minimum Gasteiger partial charge on any atom is -0.378 e. The molecular formula is C19H27N3O3. The molecule has 2 N–H and O–H groups in total. The summed E-state index contributed by atoms with van der Waals surface area (Å²) in [5.41, 5.74) is 2.30. The summed E-state index contributed by atoms with van der Waals surface area (Å²) in [5, 5.41) is 5.62. The quantitative estimate of drug-likeness (QED) is 0.820. The fraction of sp³-hybridized carbons (Fsp3) is 0.579. The van der Waals surface area contributed by atoms with Gasteiger partial charge in [-0.1, -0.05) is 6.07 Å². The van der Waals surface area contributed by atoms with Crippen molar-refractivity contribution in [2.45, 2.75) is 39.2 Å². The molecule has 0 aromatic heterocycles. The Hall–Kier alpha value is -2.08. The maximum absolute atomic E-state index is 12.3. The minimum absolute atomic E-state index is 0.334. The fourth-order valence-corrected chi connectivity index (χ4v) is 3.20. The van der Waals surface area contributed by atoms with Gasteiger partial charge < -0.3 is 20.3 Å². The zero-order valence-electron chi connectivity index (χ0n) is 15.2. The first kappa shape index (κ1) is 17.7. The van der Waals surface area contributed by atoms with E-state index in [-0.39, 0.29) is 5.54 Å². The van der Waals surface area contributed by atoms with Crippen LogP contribution in [0.1, 0.15) is 32.3 Å². The standard InChI is InChI=1S/C19H27N3O3/c1-13-4-7-15(22-8-10-25-11-9-22)12-16(13)20-17(23)18(24)21-19(2,3)14-5-6-14/h4,7,12,14H,5-6,8-11H2,1-3H3,(H,20,23)(H,21,24). The zero-order chi connectivity index (χ0) is 18.0. The number of ether oxygens (including phenoxy) is 1. The smallest absolute Gasteiger partial charge is 0.313 e. The number of aryl methyl sites for hydroxylation is 1. The molecular weight excluding hydrogens is 318 g/mol. The molecule has 0 spiro atoms. The highest BCUT2D eigenvalue weighted by molar-refractivity contribution is 6.39. The Kier molecular flexibility index (Phi) is 4.99. The second-order valence-electron chi connectivity index (χ2n) is 7.50. The van der Waals surface area contributed by atoms with Crippen LogP contribution in [-0.4, -0.2) is 43.7 Å². The van der Waals surface area contributed by atoms with E-state index in [9.17, 15) is 9.59 Å².